The fourth-order valence-electron chi connectivity index (χ4n) is 4.54. The number of allylic oxidation sites excluding steroid dienone is 4. The minimum absolute atomic E-state index is 0. The molecule has 0 bridgehead atoms. The minimum Gasteiger partial charge on any atom is -1.00 e. The Labute approximate surface area is 216 Å². The number of hydrogen-bond donors (Lipinski definition) is 0. The molecule has 2 aliphatic rings. The summed E-state index contributed by atoms with van der Waals surface area (Å²) in [5, 5.41) is 4.10. The van der Waals surface area contributed by atoms with E-state index in [-0.39, 0.29) is 50.7 Å². The first-order chi connectivity index (χ1) is 13.7. The van der Waals surface area contributed by atoms with Crippen molar-refractivity contribution >= 4 is 21.7 Å². The molecule has 0 aliphatic heterocycles. The van der Waals surface area contributed by atoms with Gasteiger partial charge in [-0.05, 0) is 36.6 Å². The standard InChI is InChI=1S/C20H16N.C7H9.2ClH.Hf/c1-2-7-15-13-16(12-14(15)6-1)21-19-10-4-3-8-17(19)18-9-5-11-20(18)21;1-6-4-3-5-7(6)2;;;/h1-4,6-8,10,12-13H,5,9,11H2;4H,3H2,1-2H3;2*1H;/q2*-1;;;+4/p-2. The minimum atomic E-state index is 0. The maximum atomic E-state index is 3.19. The molecule has 0 saturated heterocycles. The second-order valence-electron chi connectivity index (χ2n) is 7.87. The molecule has 0 atom stereocenters. The van der Waals surface area contributed by atoms with Crippen LogP contribution >= 0.6 is 0 Å². The number of hydrogen-bond acceptors (Lipinski definition) is 0. The average Bonchev–Trinajstić information content (AvgIpc) is 3.47. The molecule has 0 radical (unpaired) electrons. The van der Waals surface area contributed by atoms with Gasteiger partial charge in [0.2, 0.25) is 0 Å². The molecule has 0 N–H and O–H groups in total. The second kappa shape index (κ2) is 10.9. The van der Waals surface area contributed by atoms with Gasteiger partial charge in [-0.1, -0.05) is 31.2 Å². The molecule has 156 valence electrons. The zero-order valence-electron chi connectivity index (χ0n) is 17.9. The quantitative estimate of drug-likeness (QED) is 0.224. The molecule has 1 aromatic heterocycles. The summed E-state index contributed by atoms with van der Waals surface area (Å²) >= 11 is 0. The molecule has 4 aromatic rings. The van der Waals surface area contributed by atoms with Gasteiger partial charge in [0.1, 0.15) is 0 Å². The average molecular weight is 613 g/mol. The van der Waals surface area contributed by atoms with E-state index in [1.807, 2.05) is 0 Å². The molecular weight excluding hydrogens is 588 g/mol. The van der Waals surface area contributed by atoms with Crippen molar-refractivity contribution in [2.24, 2.45) is 0 Å². The van der Waals surface area contributed by atoms with Crippen LogP contribution in [-0.4, -0.2) is 4.57 Å². The van der Waals surface area contributed by atoms with Gasteiger partial charge in [0, 0.05) is 11.1 Å². The Morgan fingerprint density at radius 1 is 0.935 bits per heavy atom. The van der Waals surface area contributed by atoms with Crippen LogP contribution < -0.4 is 24.8 Å². The van der Waals surface area contributed by atoms with Crippen LogP contribution in [-0.2, 0) is 38.7 Å². The van der Waals surface area contributed by atoms with Gasteiger partial charge in [-0.2, -0.15) is 6.08 Å². The molecule has 3 aromatic carbocycles. The van der Waals surface area contributed by atoms with Gasteiger partial charge in [-0.3, -0.25) is 6.08 Å². The van der Waals surface area contributed by atoms with Crippen LogP contribution in [0.4, 0.5) is 0 Å². The second-order valence-corrected chi connectivity index (χ2v) is 7.87. The first kappa shape index (κ1) is 25.8. The fourth-order valence-corrected chi connectivity index (χ4v) is 4.54. The summed E-state index contributed by atoms with van der Waals surface area (Å²) in [6.07, 6.45) is 10.1. The Balaban J connectivity index is 0.000000298. The Hall–Kier alpha value is -1.48. The van der Waals surface area contributed by atoms with Crippen LogP contribution in [0.5, 0.6) is 0 Å². The number of aromatic nitrogens is 1. The Bertz CT molecular complexity index is 1190. The first-order valence-corrected chi connectivity index (χ1v) is 10.2. The van der Waals surface area contributed by atoms with E-state index in [1.54, 1.807) is 5.56 Å². The third kappa shape index (κ3) is 4.82. The summed E-state index contributed by atoms with van der Waals surface area (Å²) in [5.74, 6) is 0. The molecule has 0 fully saturated rings. The number of para-hydroxylation sites is 1. The largest absolute Gasteiger partial charge is 4.00 e. The summed E-state index contributed by atoms with van der Waals surface area (Å²) in [6.45, 7) is 4.22. The third-order valence-electron chi connectivity index (χ3n) is 6.16. The van der Waals surface area contributed by atoms with Gasteiger partial charge in [0.05, 0.1) is 5.52 Å². The molecule has 0 unspecified atom stereocenters. The number of fused-ring (bicyclic) bond motifs is 4. The van der Waals surface area contributed by atoms with Crippen molar-refractivity contribution in [2.45, 2.75) is 39.5 Å². The molecule has 4 heteroatoms. The first-order valence-electron chi connectivity index (χ1n) is 10.2. The van der Waals surface area contributed by atoms with Crippen LogP contribution in [0.2, 0.25) is 0 Å². The number of halogens is 2. The molecule has 0 spiro atoms. The Morgan fingerprint density at radius 3 is 2.35 bits per heavy atom. The van der Waals surface area contributed by atoms with Gasteiger partial charge in [-0.15, -0.1) is 54.4 Å². The maximum absolute atomic E-state index is 3.19. The van der Waals surface area contributed by atoms with Crippen molar-refractivity contribution in [3.8, 4) is 5.69 Å². The molecule has 31 heavy (non-hydrogen) atoms. The maximum Gasteiger partial charge on any atom is 4.00 e. The monoisotopic (exact) mass is 613 g/mol. The molecule has 1 nitrogen and oxygen atoms in total. The predicted octanol–water partition coefficient (Wildman–Crippen LogP) is 1.08. The van der Waals surface area contributed by atoms with Gasteiger partial charge < -0.3 is 29.4 Å². The predicted molar refractivity (Wildman–Crippen MR) is 119 cm³/mol. The van der Waals surface area contributed by atoms with E-state index in [1.165, 1.54) is 63.5 Å². The van der Waals surface area contributed by atoms with Crippen molar-refractivity contribution in [2.75, 3.05) is 0 Å². The number of aryl methyl sites for hydroxylation is 1. The van der Waals surface area contributed by atoms with E-state index in [0.717, 1.165) is 6.42 Å². The summed E-state index contributed by atoms with van der Waals surface area (Å²) in [5.41, 5.74) is 8.47. The molecule has 6 rings (SSSR count). The van der Waals surface area contributed by atoms with E-state index >= 15 is 0 Å². The molecule has 0 amide bonds. The third-order valence-corrected chi connectivity index (χ3v) is 6.16. The number of rotatable bonds is 1. The van der Waals surface area contributed by atoms with Crippen LogP contribution in [0.1, 0.15) is 37.9 Å². The van der Waals surface area contributed by atoms with Crippen LogP contribution in [0, 0.1) is 6.08 Å². The van der Waals surface area contributed by atoms with Crippen molar-refractivity contribution in [1.29, 1.82) is 0 Å². The van der Waals surface area contributed by atoms with Crippen LogP contribution in [0.15, 0.2) is 77.9 Å². The normalized spacial score (nSPS) is 13.9. The molecule has 2 aliphatic carbocycles. The summed E-state index contributed by atoms with van der Waals surface area (Å²) in [7, 11) is 0. The van der Waals surface area contributed by atoms with Gasteiger partial charge in [0.15, 0.2) is 0 Å². The van der Waals surface area contributed by atoms with E-state index in [0.29, 0.717) is 0 Å². The van der Waals surface area contributed by atoms with E-state index in [9.17, 15) is 0 Å². The summed E-state index contributed by atoms with van der Waals surface area (Å²) in [6, 6.07) is 22.1. The van der Waals surface area contributed by atoms with E-state index in [2.05, 4.69) is 91.2 Å². The summed E-state index contributed by atoms with van der Waals surface area (Å²) in [4.78, 5) is 0. The van der Waals surface area contributed by atoms with Crippen LogP contribution in [0.25, 0.3) is 27.4 Å². The van der Waals surface area contributed by atoms with Crippen molar-refractivity contribution in [3.05, 3.63) is 95.2 Å². The molecule has 0 saturated carbocycles. The Morgan fingerprint density at radius 2 is 1.68 bits per heavy atom. The van der Waals surface area contributed by atoms with Crippen LogP contribution in [0.3, 0.4) is 0 Å². The SMILES string of the molecule is CC1=[C-]CC=C1C.[Cl-].[Cl-].[Hf+4].c1ccc2[cH-]c(-n3c4c(c5ccccc53)CCC4)cc2c1. The van der Waals surface area contributed by atoms with E-state index in [4.69, 9.17) is 0 Å². The summed E-state index contributed by atoms with van der Waals surface area (Å²) < 4.78 is 2.48. The van der Waals surface area contributed by atoms with Gasteiger partial charge in [-0.25, -0.2) is 11.1 Å². The Kier molecular flexibility index (Phi) is 9.06. The zero-order valence-corrected chi connectivity index (χ0v) is 23.0. The fraction of sp³-hybridized carbons (Fsp3) is 0.222. The van der Waals surface area contributed by atoms with Crippen molar-refractivity contribution in [1.82, 2.24) is 4.57 Å². The van der Waals surface area contributed by atoms with E-state index < -0.39 is 0 Å². The smallest absolute Gasteiger partial charge is 1.00 e. The number of nitrogens with zero attached hydrogens (tertiary/aromatic N) is 1. The molecule has 1 heterocycles. The van der Waals surface area contributed by atoms with Crippen molar-refractivity contribution < 1.29 is 50.7 Å². The molecular formula is C27H25Cl2HfN. The van der Waals surface area contributed by atoms with Gasteiger partial charge in [0.25, 0.3) is 0 Å². The number of benzene rings is 2. The topological polar surface area (TPSA) is 4.93 Å². The van der Waals surface area contributed by atoms with Gasteiger partial charge >= 0.3 is 25.8 Å². The zero-order chi connectivity index (χ0) is 19.1. The van der Waals surface area contributed by atoms with Crippen molar-refractivity contribution in [3.63, 3.8) is 0 Å².